The summed E-state index contributed by atoms with van der Waals surface area (Å²) in [5.41, 5.74) is -0.836. The molecule has 0 N–H and O–H groups in total. The van der Waals surface area contributed by atoms with Gasteiger partial charge in [-0.3, -0.25) is 0 Å². The van der Waals surface area contributed by atoms with E-state index < -0.39 is 23.5 Å². The van der Waals surface area contributed by atoms with Crippen molar-refractivity contribution in [1.82, 2.24) is 25.0 Å². The Labute approximate surface area is 197 Å². The minimum absolute atomic E-state index is 0.0854. The molecule has 3 fully saturated rings. The molecule has 1 aliphatic carbocycles. The van der Waals surface area contributed by atoms with Crippen molar-refractivity contribution >= 4 is 12.0 Å². The van der Waals surface area contributed by atoms with E-state index in [4.69, 9.17) is 14.5 Å². The fourth-order valence-electron chi connectivity index (χ4n) is 6.63. The summed E-state index contributed by atoms with van der Waals surface area (Å²) < 4.78 is 61.3. The summed E-state index contributed by atoms with van der Waals surface area (Å²) in [4.78, 5) is 9.26. The van der Waals surface area contributed by atoms with Crippen molar-refractivity contribution in [1.29, 1.82) is 0 Å². The summed E-state index contributed by atoms with van der Waals surface area (Å²) in [6.07, 6.45) is -1.09. The molecule has 3 aromatic rings. The molecule has 12 heteroatoms. The number of alkyl halides is 3. The van der Waals surface area contributed by atoms with Crippen molar-refractivity contribution in [3.63, 3.8) is 0 Å². The van der Waals surface area contributed by atoms with Crippen LogP contribution in [0.3, 0.4) is 0 Å². The van der Waals surface area contributed by atoms with Crippen molar-refractivity contribution in [3.8, 4) is 0 Å². The largest absolute Gasteiger partial charge is 0.416 e. The Balaban J connectivity index is 1.19. The number of hydrogen-bond acceptors (Lipinski definition) is 7. The fraction of sp³-hybridized carbons (Fsp3) is 0.565. The number of aryl methyl sites for hydroxylation is 2. The molecule has 3 aliphatic heterocycles. The van der Waals surface area contributed by atoms with Crippen molar-refractivity contribution in [3.05, 3.63) is 46.9 Å². The van der Waals surface area contributed by atoms with E-state index in [1.54, 1.807) is 11.6 Å². The monoisotopic (exact) mass is 489 g/mol. The summed E-state index contributed by atoms with van der Waals surface area (Å²) in [5.74, 6) is 0.917. The minimum atomic E-state index is -4.58. The maximum absolute atomic E-state index is 14.8. The number of fused-ring (bicyclic) bond motifs is 1. The molecular formula is C23H23F4N7O. The lowest BCUT2D eigenvalue weighted by molar-refractivity contribution is -0.137. The average molecular weight is 489 g/mol. The van der Waals surface area contributed by atoms with Crippen LogP contribution in [-0.2, 0) is 12.7 Å². The Morgan fingerprint density at radius 1 is 1.17 bits per heavy atom. The molecule has 7 rings (SSSR count). The number of rotatable bonds is 3. The second kappa shape index (κ2) is 6.94. The van der Waals surface area contributed by atoms with Crippen LogP contribution in [0.1, 0.15) is 54.4 Å². The topological polar surface area (TPSA) is 75.9 Å². The molecule has 2 saturated heterocycles. The molecule has 1 unspecified atom stereocenters. The van der Waals surface area contributed by atoms with E-state index >= 15 is 0 Å². The van der Waals surface area contributed by atoms with Crippen LogP contribution in [0.4, 0.5) is 29.5 Å². The van der Waals surface area contributed by atoms with E-state index in [1.807, 2.05) is 0 Å². The van der Waals surface area contributed by atoms with Gasteiger partial charge in [-0.05, 0) is 49.3 Å². The van der Waals surface area contributed by atoms with Crippen LogP contribution in [0, 0.1) is 18.7 Å². The summed E-state index contributed by atoms with van der Waals surface area (Å²) in [6.45, 7) is 4.01. The molecule has 4 atom stereocenters. The van der Waals surface area contributed by atoms with Gasteiger partial charge in [0.25, 0.3) is 0 Å². The highest BCUT2D eigenvalue weighted by Crippen LogP contribution is 2.60. The van der Waals surface area contributed by atoms with Gasteiger partial charge in [-0.15, -0.1) is 10.2 Å². The van der Waals surface area contributed by atoms with E-state index in [0.29, 0.717) is 54.7 Å². The first-order chi connectivity index (χ1) is 16.7. The van der Waals surface area contributed by atoms with Crippen molar-refractivity contribution in [2.45, 2.75) is 62.8 Å². The second-order valence-corrected chi connectivity index (χ2v) is 10.1. The zero-order valence-corrected chi connectivity index (χ0v) is 19.0. The maximum atomic E-state index is 14.8. The Hall–Kier alpha value is -3.18. The smallest absolute Gasteiger partial charge is 0.408 e. The quantitative estimate of drug-likeness (QED) is 0.408. The van der Waals surface area contributed by atoms with Crippen LogP contribution in [0.25, 0.3) is 0 Å². The van der Waals surface area contributed by atoms with Crippen molar-refractivity contribution < 1.29 is 22.0 Å². The molecule has 0 radical (unpaired) electrons. The van der Waals surface area contributed by atoms with Crippen LogP contribution in [0.15, 0.2) is 22.6 Å². The highest BCUT2D eigenvalue weighted by Gasteiger charge is 2.73. The fourth-order valence-corrected chi connectivity index (χ4v) is 6.63. The number of piperidine rings is 2. The molecule has 0 amide bonds. The molecule has 1 aromatic carbocycles. The average Bonchev–Trinajstić information content (AvgIpc) is 3.09. The Morgan fingerprint density at radius 2 is 2.03 bits per heavy atom. The van der Waals surface area contributed by atoms with Gasteiger partial charge in [-0.1, -0.05) is 11.2 Å². The Kier molecular flexibility index (Phi) is 4.19. The number of anilines is 2. The van der Waals surface area contributed by atoms with E-state index in [0.717, 1.165) is 38.4 Å². The Bertz CT molecular complexity index is 1320. The lowest BCUT2D eigenvalue weighted by Gasteiger charge is -2.27. The molecule has 8 nitrogen and oxygen atoms in total. The third kappa shape index (κ3) is 3.04. The SMILES string of the molecule is Cc1nnc(N2C[C@@H]3CC[C@]4(C2)[C@H]3N4c2nc3n(n2)CCCC3c2ccc(C(F)(F)F)cc2F)o1. The first kappa shape index (κ1) is 21.1. The molecule has 5 heterocycles. The molecular weight excluding hydrogens is 466 g/mol. The molecule has 4 aliphatic rings. The predicted octanol–water partition coefficient (Wildman–Crippen LogP) is 3.91. The number of benzene rings is 1. The van der Waals surface area contributed by atoms with Gasteiger partial charge in [-0.2, -0.15) is 18.2 Å². The van der Waals surface area contributed by atoms with Crippen LogP contribution in [-0.4, -0.2) is 49.6 Å². The van der Waals surface area contributed by atoms with Gasteiger partial charge in [-0.25, -0.2) is 9.07 Å². The van der Waals surface area contributed by atoms with Gasteiger partial charge in [0.15, 0.2) is 0 Å². The summed E-state index contributed by atoms with van der Waals surface area (Å²) >= 11 is 0. The lowest BCUT2D eigenvalue weighted by atomic mass is 9.90. The zero-order valence-electron chi connectivity index (χ0n) is 19.0. The van der Waals surface area contributed by atoms with Crippen LogP contribution >= 0.6 is 0 Å². The van der Waals surface area contributed by atoms with E-state index in [1.165, 1.54) is 6.07 Å². The zero-order chi connectivity index (χ0) is 24.1. The molecule has 35 heavy (non-hydrogen) atoms. The first-order valence-corrected chi connectivity index (χ1v) is 11.9. The molecule has 0 spiro atoms. The molecule has 184 valence electrons. The van der Waals surface area contributed by atoms with Crippen LogP contribution < -0.4 is 9.80 Å². The van der Waals surface area contributed by atoms with Gasteiger partial charge in [0, 0.05) is 32.5 Å². The lowest BCUT2D eigenvalue weighted by Crippen LogP contribution is -2.42. The third-order valence-electron chi connectivity index (χ3n) is 8.12. The predicted molar refractivity (Wildman–Crippen MR) is 115 cm³/mol. The standard InChI is InChI=1S/C23H23F4N7O/c1-12-29-30-21(35-12)32-10-13-6-7-22(11-32)18(13)34(22)20-28-19-16(3-2-8-33(19)31-20)15-5-4-14(9-17(15)24)23(25,26)27/h4-5,9,13,16,18H,2-3,6-8,10-11H2,1H3/t13-,16?,18-,22-,34?/m0/s1. The van der Waals surface area contributed by atoms with Crippen molar-refractivity contribution in [2.24, 2.45) is 5.92 Å². The number of nitrogens with zero attached hydrogens (tertiary/aromatic N) is 7. The number of aromatic nitrogens is 5. The molecule has 2 bridgehead atoms. The molecule has 1 saturated carbocycles. The van der Waals surface area contributed by atoms with Gasteiger partial charge < -0.3 is 14.2 Å². The minimum Gasteiger partial charge on any atom is -0.408 e. The van der Waals surface area contributed by atoms with Gasteiger partial charge in [0.2, 0.25) is 11.8 Å². The number of hydrogen-bond donors (Lipinski definition) is 0. The summed E-state index contributed by atoms with van der Waals surface area (Å²) in [5, 5.41) is 12.9. The first-order valence-electron chi connectivity index (χ1n) is 11.9. The normalized spacial score (nSPS) is 29.3. The summed E-state index contributed by atoms with van der Waals surface area (Å²) in [6, 6.07) is 3.65. The van der Waals surface area contributed by atoms with Crippen molar-refractivity contribution in [2.75, 3.05) is 22.9 Å². The maximum Gasteiger partial charge on any atom is 0.416 e. The van der Waals surface area contributed by atoms with Gasteiger partial charge >= 0.3 is 12.2 Å². The van der Waals surface area contributed by atoms with E-state index in [2.05, 4.69) is 20.0 Å². The second-order valence-electron chi connectivity index (χ2n) is 10.1. The highest BCUT2D eigenvalue weighted by molar-refractivity contribution is 5.59. The van der Waals surface area contributed by atoms with Gasteiger partial charge in [0.1, 0.15) is 11.6 Å². The van der Waals surface area contributed by atoms with Gasteiger partial charge in [0.05, 0.1) is 17.1 Å². The summed E-state index contributed by atoms with van der Waals surface area (Å²) in [7, 11) is 0. The molecule has 2 aromatic heterocycles. The van der Waals surface area contributed by atoms with Crippen LogP contribution in [0.2, 0.25) is 0 Å². The number of halogens is 4. The van der Waals surface area contributed by atoms with E-state index in [-0.39, 0.29) is 11.1 Å². The van der Waals surface area contributed by atoms with E-state index in [9.17, 15) is 17.6 Å². The highest BCUT2D eigenvalue weighted by atomic mass is 19.4. The third-order valence-corrected chi connectivity index (χ3v) is 8.12. The Morgan fingerprint density at radius 3 is 2.77 bits per heavy atom. The van der Waals surface area contributed by atoms with Crippen LogP contribution in [0.5, 0.6) is 0 Å².